The van der Waals surface area contributed by atoms with Gasteiger partial charge in [0.2, 0.25) is 0 Å². The third kappa shape index (κ3) is 4.93. The molecule has 0 saturated heterocycles. The molecule has 0 atom stereocenters. The third-order valence-electron chi connectivity index (χ3n) is 4.37. The van der Waals surface area contributed by atoms with Gasteiger partial charge in [-0.1, -0.05) is 42.5 Å². The SMILES string of the molecule is O=C(Nc1cnn(Cc2ccccc2)c1)c1ccn(COc2ccccc2[N+](=O)[O-])n1. The Morgan fingerprint density at radius 2 is 1.84 bits per heavy atom. The fourth-order valence-corrected chi connectivity index (χ4v) is 2.90. The minimum absolute atomic E-state index is 0.0762. The van der Waals surface area contributed by atoms with E-state index in [1.54, 1.807) is 35.4 Å². The second kappa shape index (κ2) is 8.91. The van der Waals surface area contributed by atoms with Crippen molar-refractivity contribution < 1.29 is 14.5 Å². The van der Waals surface area contributed by atoms with Gasteiger partial charge in [-0.15, -0.1) is 0 Å². The lowest BCUT2D eigenvalue weighted by molar-refractivity contribution is -0.386. The first-order valence-electron chi connectivity index (χ1n) is 9.36. The summed E-state index contributed by atoms with van der Waals surface area (Å²) in [7, 11) is 0. The van der Waals surface area contributed by atoms with Crippen molar-refractivity contribution >= 4 is 17.3 Å². The number of para-hydroxylation sites is 2. The van der Waals surface area contributed by atoms with E-state index in [0.29, 0.717) is 12.2 Å². The van der Waals surface area contributed by atoms with Crippen LogP contribution in [-0.2, 0) is 13.3 Å². The van der Waals surface area contributed by atoms with Gasteiger partial charge in [-0.25, -0.2) is 4.68 Å². The summed E-state index contributed by atoms with van der Waals surface area (Å²) in [5.41, 5.74) is 1.69. The van der Waals surface area contributed by atoms with Gasteiger partial charge >= 0.3 is 5.69 Å². The predicted octanol–water partition coefficient (Wildman–Crippen LogP) is 3.32. The van der Waals surface area contributed by atoms with Gasteiger partial charge < -0.3 is 10.1 Å². The van der Waals surface area contributed by atoms with E-state index in [0.717, 1.165) is 5.56 Å². The van der Waals surface area contributed by atoms with Crippen LogP contribution in [-0.4, -0.2) is 30.4 Å². The Balaban J connectivity index is 1.35. The van der Waals surface area contributed by atoms with E-state index < -0.39 is 10.8 Å². The number of nitrogens with zero attached hydrogens (tertiary/aromatic N) is 5. The molecule has 1 N–H and O–H groups in total. The lowest BCUT2D eigenvalue weighted by atomic mass is 10.2. The monoisotopic (exact) mass is 418 g/mol. The van der Waals surface area contributed by atoms with Gasteiger partial charge in [-0.2, -0.15) is 10.2 Å². The average molecular weight is 418 g/mol. The number of nitro groups is 1. The average Bonchev–Trinajstić information content (AvgIpc) is 3.43. The summed E-state index contributed by atoms with van der Waals surface area (Å²) in [6, 6.07) is 17.5. The smallest absolute Gasteiger partial charge is 0.311 e. The highest BCUT2D eigenvalue weighted by Crippen LogP contribution is 2.26. The number of benzene rings is 2. The molecule has 0 aliphatic heterocycles. The first-order chi connectivity index (χ1) is 15.1. The van der Waals surface area contributed by atoms with Crippen molar-refractivity contribution in [1.82, 2.24) is 19.6 Å². The predicted molar refractivity (Wildman–Crippen MR) is 112 cm³/mol. The fourth-order valence-electron chi connectivity index (χ4n) is 2.90. The van der Waals surface area contributed by atoms with Crippen molar-refractivity contribution in [3.8, 4) is 5.75 Å². The van der Waals surface area contributed by atoms with Gasteiger partial charge in [0.25, 0.3) is 5.91 Å². The summed E-state index contributed by atoms with van der Waals surface area (Å²) in [6.07, 6.45) is 4.86. The molecule has 2 aromatic carbocycles. The highest BCUT2D eigenvalue weighted by Gasteiger charge is 2.15. The van der Waals surface area contributed by atoms with E-state index in [2.05, 4.69) is 15.5 Å². The molecule has 0 spiro atoms. The second-order valence-electron chi connectivity index (χ2n) is 6.61. The van der Waals surface area contributed by atoms with Crippen LogP contribution in [0.1, 0.15) is 16.1 Å². The molecule has 10 nitrogen and oxygen atoms in total. The molecule has 1 amide bonds. The summed E-state index contributed by atoms with van der Waals surface area (Å²) in [5.74, 6) is -0.275. The number of carbonyl (C=O) groups is 1. The molecule has 0 unspecified atom stereocenters. The molecule has 4 aromatic rings. The number of anilines is 1. The molecule has 156 valence electrons. The molecule has 0 bridgehead atoms. The Morgan fingerprint density at radius 1 is 1.06 bits per heavy atom. The highest BCUT2D eigenvalue weighted by atomic mass is 16.6. The Kier molecular flexibility index (Phi) is 5.70. The number of nitrogens with one attached hydrogen (secondary N) is 1. The summed E-state index contributed by atoms with van der Waals surface area (Å²) < 4.78 is 8.58. The quantitative estimate of drug-likeness (QED) is 0.346. The lowest BCUT2D eigenvalue weighted by Crippen LogP contribution is -2.14. The van der Waals surface area contributed by atoms with Crippen molar-refractivity contribution in [2.24, 2.45) is 0 Å². The zero-order valence-electron chi connectivity index (χ0n) is 16.3. The molecule has 0 aliphatic rings. The van der Waals surface area contributed by atoms with Crippen LogP contribution in [0.2, 0.25) is 0 Å². The highest BCUT2D eigenvalue weighted by molar-refractivity contribution is 6.02. The van der Waals surface area contributed by atoms with Crippen LogP contribution in [0.3, 0.4) is 0 Å². The van der Waals surface area contributed by atoms with E-state index in [-0.39, 0.29) is 23.9 Å². The van der Waals surface area contributed by atoms with Gasteiger partial charge in [-0.05, 0) is 17.7 Å². The number of hydrogen-bond acceptors (Lipinski definition) is 6. The molecule has 4 rings (SSSR count). The van der Waals surface area contributed by atoms with Crippen LogP contribution in [0.25, 0.3) is 0 Å². The van der Waals surface area contributed by atoms with E-state index in [1.165, 1.54) is 22.9 Å². The van der Waals surface area contributed by atoms with Crippen molar-refractivity contribution in [2.75, 3.05) is 5.32 Å². The Bertz CT molecular complexity index is 1200. The molecule has 0 fully saturated rings. The largest absolute Gasteiger partial charge is 0.464 e. The van der Waals surface area contributed by atoms with Gasteiger partial charge in [0.1, 0.15) is 0 Å². The first kappa shape index (κ1) is 19.8. The number of rotatable bonds is 8. The van der Waals surface area contributed by atoms with E-state index in [1.807, 2.05) is 30.3 Å². The molecular formula is C21H18N6O4. The number of nitro benzene ring substituents is 1. The second-order valence-corrected chi connectivity index (χ2v) is 6.61. The van der Waals surface area contributed by atoms with Crippen molar-refractivity contribution in [3.63, 3.8) is 0 Å². The maximum absolute atomic E-state index is 12.5. The van der Waals surface area contributed by atoms with Crippen molar-refractivity contribution in [2.45, 2.75) is 13.3 Å². The Labute approximate surface area is 176 Å². The van der Waals surface area contributed by atoms with Crippen molar-refractivity contribution in [3.05, 3.63) is 101 Å². The normalized spacial score (nSPS) is 10.6. The number of carbonyl (C=O) groups excluding carboxylic acids is 1. The zero-order valence-corrected chi connectivity index (χ0v) is 16.3. The lowest BCUT2D eigenvalue weighted by Gasteiger charge is -2.06. The van der Waals surface area contributed by atoms with E-state index in [9.17, 15) is 14.9 Å². The Hall–Kier alpha value is -4.47. The molecule has 31 heavy (non-hydrogen) atoms. The maximum Gasteiger partial charge on any atom is 0.311 e. The topological polar surface area (TPSA) is 117 Å². The Morgan fingerprint density at radius 3 is 2.65 bits per heavy atom. The first-order valence-corrected chi connectivity index (χ1v) is 9.36. The molecule has 0 radical (unpaired) electrons. The fraction of sp³-hybridized carbons (Fsp3) is 0.0952. The summed E-state index contributed by atoms with van der Waals surface area (Å²) in [6.45, 7) is 0.515. The minimum Gasteiger partial charge on any atom is -0.464 e. The summed E-state index contributed by atoms with van der Waals surface area (Å²) in [5, 5.41) is 22.2. The number of ether oxygens (including phenoxy) is 1. The zero-order chi connectivity index (χ0) is 21.6. The van der Waals surface area contributed by atoms with Crippen LogP contribution >= 0.6 is 0 Å². The number of aromatic nitrogens is 4. The van der Waals surface area contributed by atoms with Crippen LogP contribution in [0.5, 0.6) is 5.75 Å². The van der Waals surface area contributed by atoms with Gasteiger partial charge in [0.15, 0.2) is 18.2 Å². The van der Waals surface area contributed by atoms with Crippen LogP contribution in [0.4, 0.5) is 11.4 Å². The third-order valence-corrected chi connectivity index (χ3v) is 4.37. The van der Waals surface area contributed by atoms with E-state index >= 15 is 0 Å². The van der Waals surface area contributed by atoms with Gasteiger partial charge in [-0.3, -0.25) is 19.6 Å². The van der Waals surface area contributed by atoms with Gasteiger partial charge in [0.05, 0.1) is 23.4 Å². The summed E-state index contributed by atoms with van der Waals surface area (Å²) in [4.78, 5) is 23.0. The van der Waals surface area contributed by atoms with Crippen molar-refractivity contribution in [1.29, 1.82) is 0 Å². The van der Waals surface area contributed by atoms with Crippen LogP contribution in [0, 0.1) is 10.1 Å². The molecule has 10 heteroatoms. The standard InChI is InChI=1S/C21H18N6O4/c28-21(23-17-12-22-26(14-17)13-16-6-2-1-3-7-16)18-10-11-25(24-18)15-31-20-9-5-4-8-19(20)27(29)30/h1-12,14H,13,15H2,(H,23,28). The molecule has 0 aliphatic carbocycles. The minimum atomic E-state index is -0.519. The molecule has 0 saturated carbocycles. The van der Waals surface area contributed by atoms with Crippen LogP contribution in [0.15, 0.2) is 79.3 Å². The molecular weight excluding hydrogens is 400 g/mol. The van der Waals surface area contributed by atoms with Gasteiger partial charge in [0, 0.05) is 18.5 Å². The summed E-state index contributed by atoms with van der Waals surface area (Å²) >= 11 is 0. The molecule has 2 aromatic heterocycles. The van der Waals surface area contributed by atoms with E-state index in [4.69, 9.17) is 4.74 Å². The molecule has 2 heterocycles. The van der Waals surface area contributed by atoms with Crippen LogP contribution < -0.4 is 10.1 Å². The number of hydrogen-bond donors (Lipinski definition) is 1. The number of amides is 1. The maximum atomic E-state index is 12.5.